The SMILES string of the molecule is Cc1nc(N)sc1S(=O)(=O)N1Cc2cc3c(cc2C[C@H]1C(=O)NC(Cc1ccc(-c2ccc(C#N)cc2)cc1)C(=O)O)OC[C@@H](c1ccc(OCc2ccc(Cl)c(Cl)c2)cc1)O3. The Balaban J connectivity index is 1.01. The Bertz CT molecular complexity index is 2830. The monoisotopic (exact) mass is 909 g/mol. The maximum absolute atomic E-state index is 14.4. The van der Waals surface area contributed by atoms with Gasteiger partial charge in [-0.2, -0.15) is 9.57 Å². The van der Waals surface area contributed by atoms with Crippen molar-refractivity contribution in [2.24, 2.45) is 0 Å². The van der Waals surface area contributed by atoms with E-state index in [-0.39, 0.29) is 41.0 Å². The summed E-state index contributed by atoms with van der Waals surface area (Å²) in [7, 11) is -4.38. The van der Waals surface area contributed by atoms with Crippen molar-refractivity contribution in [2.45, 2.75) is 55.3 Å². The van der Waals surface area contributed by atoms with Gasteiger partial charge in [0.25, 0.3) is 10.0 Å². The number of halogens is 2. The molecule has 0 fully saturated rings. The summed E-state index contributed by atoms with van der Waals surface area (Å²) < 4.78 is 48.3. The van der Waals surface area contributed by atoms with Crippen molar-refractivity contribution in [2.75, 3.05) is 12.3 Å². The van der Waals surface area contributed by atoms with Gasteiger partial charge in [0.05, 0.1) is 27.4 Å². The first-order valence-electron chi connectivity index (χ1n) is 19.2. The molecule has 13 nitrogen and oxygen atoms in total. The van der Waals surface area contributed by atoms with Crippen molar-refractivity contribution in [3.63, 3.8) is 0 Å². The van der Waals surface area contributed by atoms with Crippen molar-refractivity contribution < 1.29 is 37.3 Å². The van der Waals surface area contributed by atoms with Gasteiger partial charge in [-0.3, -0.25) is 4.79 Å². The smallest absolute Gasteiger partial charge is 0.326 e. The van der Waals surface area contributed by atoms with Crippen molar-refractivity contribution in [3.8, 4) is 34.4 Å². The molecule has 17 heteroatoms. The van der Waals surface area contributed by atoms with E-state index in [1.807, 2.05) is 54.6 Å². The Hall–Kier alpha value is -6.15. The quantitative estimate of drug-likeness (QED) is 0.108. The third-order valence-corrected chi connectivity index (χ3v) is 14.8. The average molecular weight is 911 g/mol. The van der Waals surface area contributed by atoms with Gasteiger partial charge in [-0.05, 0) is 101 Å². The predicted octanol–water partition coefficient (Wildman–Crippen LogP) is 7.90. The molecule has 2 aliphatic heterocycles. The van der Waals surface area contributed by atoms with E-state index >= 15 is 0 Å². The Labute approximate surface area is 371 Å². The fraction of sp³-hybridized carbons (Fsp3) is 0.200. The first-order chi connectivity index (χ1) is 29.7. The number of amides is 1. The largest absolute Gasteiger partial charge is 0.489 e. The minimum absolute atomic E-state index is 0.0485. The summed E-state index contributed by atoms with van der Waals surface area (Å²) in [5.41, 5.74) is 11.9. The summed E-state index contributed by atoms with van der Waals surface area (Å²) in [5, 5.41) is 23.0. The molecule has 1 aromatic heterocycles. The Morgan fingerprint density at radius 3 is 2.29 bits per heavy atom. The van der Waals surface area contributed by atoms with E-state index < -0.39 is 40.1 Å². The number of fused-ring (bicyclic) bond motifs is 2. The lowest BCUT2D eigenvalue weighted by Gasteiger charge is -2.36. The summed E-state index contributed by atoms with van der Waals surface area (Å²) in [6.07, 6.45) is -0.637. The Kier molecular flexibility index (Phi) is 12.1. The molecule has 0 aliphatic carbocycles. The van der Waals surface area contributed by atoms with Crippen LogP contribution in [-0.2, 0) is 45.6 Å². The number of rotatable bonds is 12. The second kappa shape index (κ2) is 17.7. The maximum Gasteiger partial charge on any atom is 0.326 e. The van der Waals surface area contributed by atoms with Crippen LogP contribution in [0.5, 0.6) is 17.2 Å². The first-order valence-corrected chi connectivity index (χ1v) is 22.3. The summed E-state index contributed by atoms with van der Waals surface area (Å²) in [5.74, 6) is -0.611. The van der Waals surface area contributed by atoms with Gasteiger partial charge in [-0.15, -0.1) is 0 Å². The van der Waals surface area contributed by atoms with E-state index in [2.05, 4.69) is 16.4 Å². The molecule has 3 heterocycles. The number of aryl methyl sites for hydroxylation is 1. The van der Waals surface area contributed by atoms with E-state index in [0.29, 0.717) is 56.2 Å². The molecular formula is C45H37Cl2N5O8S2. The molecule has 5 aromatic carbocycles. The number of nitrogen functional groups attached to an aromatic ring is 1. The van der Waals surface area contributed by atoms with Crippen LogP contribution in [0.3, 0.4) is 0 Å². The van der Waals surface area contributed by atoms with Crippen molar-refractivity contribution in [1.29, 1.82) is 5.26 Å². The standard InChI is InChI=1S/C45H37Cl2N5O8S2/c1-25-44(61-45(49)50-25)62(56,57)52-22-33-20-40-39(59-24-41(60-40)31-11-13-34(14-12-31)58-23-28-6-15-35(46)36(47)16-28)19-32(33)18-38(52)42(53)51-37(43(54)55)17-26-2-7-29(8-3-26)30-9-4-27(21-48)5-10-30/h2-16,19-20,37-38,41H,17-18,22-24H2,1H3,(H2,49,50)(H,51,53)(H,54,55)/t37?,38-,41-/m0/s1. The number of carboxylic acids is 1. The van der Waals surface area contributed by atoms with Gasteiger partial charge in [0.1, 0.15) is 31.0 Å². The lowest BCUT2D eigenvalue weighted by Crippen LogP contribution is -2.55. The Morgan fingerprint density at radius 1 is 0.968 bits per heavy atom. The second-order valence-electron chi connectivity index (χ2n) is 14.8. The molecule has 1 amide bonds. The van der Waals surface area contributed by atoms with Gasteiger partial charge in [-0.1, -0.05) is 89.1 Å². The van der Waals surface area contributed by atoms with E-state index in [4.69, 9.17) is 48.4 Å². The number of hydrogen-bond donors (Lipinski definition) is 3. The highest BCUT2D eigenvalue weighted by molar-refractivity contribution is 7.91. The zero-order valence-electron chi connectivity index (χ0n) is 32.9. The number of nitrogens with zero attached hydrogens (tertiary/aromatic N) is 3. The molecule has 1 unspecified atom stereocenters. The molecular weight excluding hydrogens is 874 g/mol. The van der Waals surface area contributed by atoms with E-state index in [1.54, 1.807) is 48.5 Å². The third-order valence-electron chi connectivity index (χ3n) is 10.6. The fourth-order valence-corrected chi connectivity index (χ4v) is 10.7. The number of nitriles is 1. The minimum atomic E-state index is -4.38. The molecule has 3 atom stereocenters. The number of aromatic nitrogens is 1. The third kappa shape index (κ3) is 9.06. The fourth-order valence-electron chi connectivity index (χ4n) is 7.36. The molecule has 8 rings (SSSR count). The summed E-state index contributed by atoms with van der Waals surface area (Å²) in [6.45, 7) is 1.77. The van der Waals surface area contributed by atoms with Crippen molar-refractivity contribution >= 4 is 61.6 Å². The summed E-state index contributed by atoms with van der Waals surface area (Å²) in [4.78, 5) is 30.9. The highest BCUT2D eigenvalue weighted by Gasteiger charge is 2.43. The van der Waals surface area contributed by atoms with Gasteiger partial charge in [0.15, 0.2) is 26.9 Å². The zero-order chi connectivity index (χ0) is 43.7. The number of carboxylic acid groups (broad SMARTS) is 1. The number of nitrogens with two attached hydrogens (primary N) is 1. The van der Waals surface area contributed by atoms with Crippen LogP contribution in [0.1, 0.15) is 45.2 Å². The lowest BCUT2D eigenvalue weighted by molar-refractivity contribution is -0.142. The van der Waals surface area contributed by atoms with E-state index in [1.165, 1.54) is 6.92 Å². The molecule has 0 radical (unpaired) electrons. The molecule has 0 saturated heterocycles. The van der Waals surface area contributed by atoms with E-state index in [0.717, 1.165) is 37.9 Å². The topological polar surface area (TPSA) is 194 Å². The average Bonchev–Trinajstić information content (AvgIpc) is 3.63. The second-order valence-corrected chi connectivity index (χ2v) is 18.7. The number of carbonyl (C=O) groups is 2. The molecule has 6 aromatic rings. The Morgan fingerprint density at radius 2 is 1.65 bits per heavy atom. The molecule has 62 heavy (non-hydrogen) atoms. The molecule has 316 valence electrons. The number of anilines is 1. The van der Waals surface area contributed by atoms with Crippen LogP contribution in [0.25, 0.3) is 11.1 Å². The van der Waals surface area contributed by atoms with Crippen molar-refractivity contribution in [3.05, 3.63) is 152 Å². The normalized spacial score (nSPS) is 16.4. The highest BCUT2D eigenvalue weighted by atomic mass is 35.5. The molecule has 0 saturated carbocycles. The zero-order valence-corrected chi connectivity index (χ0v) is 36.0. The molecule has 0 spiro atoms. The van der Waals surface area contributed by atoms with Gasteiger partial charge < -0.3 is 30.4 Å². The van der Waals surface area contributed by atoms with Crippen LogP contribution in [0.2, 0.25) is 10.0 Å². The molecule has 2 aliphatic rings. The number of carbonyl (C=O) groups excluding carboxylic acids is 1. The summed E-state index contributed by atoms with van der Waals surface area (Å²) >= 11 is 13.0. The van der Waals surface area contributed by atoms with Gasteiger partial charge in [0.2, 0.25) is 5.91 Å². The minimum Gasteiger partial charge on any atom is -0.489 e. The number of sulfonamides is 1. The first kappa shape index (κ1) is 42.5. The van der Waals surface area contributed by atoms with Gasteiger partial charge in [-0.25, -0.2) is 18.2 Å². The number of aliphatic carboxylic acids is 1. The van der Waals surface area contributed by atoms with Crippen LogP contribution in [0, 0.1) is 18.3 Å². The maximum atomic E-state index is 14.4. The number of nitrogens with one attached hydrogen (secondary N) is 1. The number of ether oxygens (including phenoxy) is 3. The van der Waals surface area contributed by atoms with Crippen LogP contribution >= 0.6 is 34.5 Å². The van der Waals surface area contributed by atoms with Crippen LogP contribution in [-0.4, -0.2) is 53.4 Å². The van der Waals surface area contributed by atoms with E-state index in [9.17, 15) is 23.1 Å². The number of hydrogen-bond acceptors (Lipinski definition) is 11. The lowest BCUT2D eigenvalue weighted by atomic mass is 9.94. The van der Waals surface area contributed by atoms with Crippen molar-refractivity contribution in [1.82, 2.24) is 14.6 Å². The number of thiazole rings is 1. The predicted molar refractivity (Wildman–Crippen MR) is 234 cm³/mol. The van der Waals surface area contributed by atoms with Gasteiger partial charge in [0, 0.05) is 13.0 Å². The van der Waals surface area contributed by atoms with Crippen LogP contribution in [0.15, 0.2) is 107 Å². The number of benzene rings is 5. The molecule has 0 bridgehead atoms. The van der Waals surface area contributed by atoms with Crippen LogP contribution in [0.4, 0.5) is 5.13 Å². The highest BCUT2D eigenvalue weighted by Crippen LogP contribution is 2.42. The van der Waals surface area contributed by atoms with Gasteiger partial charge >= 0.3 is 5.97 Å². The molecule has 4 N–H and O–H groups in total. The summed E-state index contributed by atoms with van der Waals surface area (Å²) in [6, 6.07) is 29.8. The van der Waals surface area contributed by atoms with Crippen LogP contribution < -0.4 is 25.3 Å².